The van der Waals surface area contributed by atoms with Gasteiger partial charge in [-0.1, -0.05) is 6.92 Å². The average molecular weight is 193 g/mol. The van der Waals surface area contributed by atoms with E-state index in [4.69, 9.17) is 0 Å². The lowest BCUT2D eigenvalue weighted by molar-refractivity contribution is 0.942. The molecule has 0 aliphatic rings. The molecule has 0 spiro atoms. The van der Waals surface area contributed by atoms with Crippen LogP contribution in [0.25, 0.3) is 0 Å². The van der Waals surface area contributed by atoms with Crippen molar-refractivity contribution in [2.24, 2.45) is 0 Å². The molecule has 0 bridgehead atoms. The molecule has 3 nitrogen and oxygen atoms in total. The molecular weight excluding hydrogens is 182 g/mol. The number of rotatable bonds is 3. The standard InChI is InChI=1S/C9H11N3S/c1-2-8-10-9(12-11-8)5-7-3-4-13-6-7/h3-4,6H,2,5H2,1H3,(H,10,11,12). The van der Waals surface area contributed by atoms with Crippen LogP contribution in [-0.2, 0) is 12.8 Å². The van der Waals surface area contributed by atoms with E-state index in [1.807, 2.05) is 0 Å². The Hall–Kier alpha value is -1.16. The normalized spacial score (nSPS) is 10.5. The number of thiophene rings is 1. The molecule has 0 radical (unpaired) electrons. The molecule has 4 heteroatoms. The molecule has 0 aliphatic heterocycles. The first-order valence-electron chi connectivity index (χ1n) is 4.29. The number of hydrogen-bond acceptors (Lipinski definition) is 3. The Morgan fingerprint density at radius 2 is 2.46 bits per heavy atom. The molecule has 0 saturated carbocycles. The van der Waals surface area contributed by atoms with E-state index in [1.165, 1.54) is 5.56 Å². The number of nitrogens with zero attached hydrogens (tertiary/aromatic N) is 2. The minimum atomic E-state index is 0.858. The number of nitrogens with one attached hydrogen (secondary N) is 1. The van der Waals surface area contributed by atoms with Gasteiger partial charge in [0.1, 0.15) is 11.6 Å². The van der Waals surface area contributed by atoms with E-state index in [1.54, 1.807) is 11.3 Å². The third-order valence-corrected chi connectivity index (χ3v) is 2.58. The van der Waals surface area contributed by atoms with E-state index in [-0.39, 0.29) is 0 Å². The van der Waals surface area contributed by atoms with Crippen LogP contribution in [0.2, 0.25) is 0 Å². The van der Waals surface area contributed by atoms with Crippen LogP contribution in [-0.4, -0.2) is 15.2 Å². The second-order valence-corrected chi connectivity index (χ2v) is 3.64. The van der Waals surface area contributed by atoms with Gasteiger partial charge in [-0.2, -0.15) is 16.4 Å². The molecule has 0 amide bonds. The molecule has 0 atom stereocenters. The van der Waals surface area contributed by atoms with Crippen molar-refractivity contribution in [3.8, 4) is 0 Å². The summed E-state index contributed by atoms with van der Waals surface area (Å²) in [5.41, 5.74) is 1.30. The molecular formula is C9H11N3S. The van der Waals surface area contributed by atoms with Gasteiger partial charge in [-0.15, -0.1) is 0 Å². The highest BCUT2D eigenvalue weighted by Gasteiger charge is 2.02. The first-order valence-corrected chi connectivity index (χ1v) is 5.24. The summed E-state index contributed by atoms with van der Waals surface area (Å²) >= 11 is 1.71. The second kappa shape index (κ2) is 3.70. The number of H-pyrrole nitrogens is 1. The van der Waals surface area contributed by atoms with Crippen LogP contribution < -0.4 is 0 Å². The third kappa shape index (κ3) is 1.95. The molecule has 0 aromatic carbocycles. The molecule has 0 aliphatic carbocycles. The third-order valence-electron chi connectivity index (χ3n) is 1.85. The molecule has 2 rings (SSSR count). The summed E-state index contributed by atoms with van der Waals surface area (Å²) in [4.78, 5) is 4.34. The number of aromatic nitrogens is 3. The van der Waals surface area contributed by atoms with Gasteiger partial charge in [0.25, 0.3) is 0 Å². The van der Waals surface area contributed by atoms with E-state index < -0.39 is 0 Å². The molecule has 2 aromatic rings. The number of aromatic amines is 1. The second-order valence-electron chi connectivity index (χ2n) is 2.86. The summed E-state index contributed by atoms with van der Waals surface area (Å²) < 4.78 is 0. The minimum absolute atomic E-state index is 0.858. The zero-order chi connectivity index (χ0) is 9.10. The lowest BCUT2D eigenvalue weighted by atomic mass is 10.2. The summed E-state index contributed by atoms with van der Waals surface area (Å²) in [5.74, 6) is 1.85. The van der Waals surface area contributed by atoms with Gasteiger partial charge in [-0.3, -0.25) is 5.10 Å². The van der Waals surface area contributed by atoms with Crippen molar-refractivity contribution in [2.45, 2.75) is 19.8 Å². The van der Waals surface area contributed by atoms with Crippen LogP contribution in [0, 0.1) is 0 Å². The summed E-state index contributed by atoms with van der Waals surface area (Å²) in [5, 5.41) is 11.2. The first kappa shape index (κ1) is 8.44. The molecule has 68 valence electrons. The van der Waals surface area contributed by atoms with Gasteiger partial charge >= 0.3 is 0 Å². The Kier molecular flexibility index (Phi) is 2.40. The van der Waals surface area contributed by atoms with Gasteiger partial charge < -0.3 is 0 Å². The maximum Gasteiger partial charge on any atom is 0.150 e. The summed E-state index contributed by atoms with van der Waals surface area (Å²) in [7, 11) is 0. The van der Waals surface area contributed by atoms with Crippen molar-refractivity contribution in [3.05, 3.63) is 34.0 Å². The van der Waals surface area contributed by atoms with Crippen molar-refractivity contribution < 1.29 is 0 Å². The largest absolute Gasteiger partial charge is 0.263 e. The van der Waals surface area contributed by atoms with Crippen molar-refractivity contribution in [1.82, 2.24) is 15.2 Å². The first-order chi connectivity index (χ1) is 6.38. The smallest absolute Gasteiger partial charge is 0.150 e. The Labute approximate surface area is 80.8 Å². The van der Waals surface area contributed by atoms with Crippen LogP contribution in [0.1, 0.15) is 24.1 Å². The van der Waals surface area contributed by atoms with Crippen LogP contribution in [0.3, 0.4) is 0 Å². The highest BCUT2D eigenvalue weighted by molar-refractivity contribution is 7.07. The average Bonchev–Trinajstić information content (AvgIpc) is 2.76. The van der Waals surface area contributed by atoms with Crippen molar-refractivity contribution >= 4 is 11.3 Å². The molecule has 2 aromatic heterocycles. The Bertz CT molecular complexity index is 364. The zero-order valence-corrected chi connectivity index (χ0v) is 8.27. The van der Waals surface area contributed by atoms with Crippen molar-refractivity contribution in [3.63, 3.8) is 0 Å². The maximum absolute atomic E-state index is 4.34. The van der Waals surface area contributed by atoms with E-state index in [2.05, 4.69) is 38.9 Å². The highest BCUT2D eigenvalue weighted by Crippen LogP contribution is 2.09. The molecule has 13 heavy (non-hydrogen) atoms. The monoisotopic (exact) mass is 193 g/mol. The summed E-state index contributed by atoms with van der Waals surface area (Å²) in [6, 6.07) is 2.11. The van der Waals surface area contributed by atoms with Gasteiger partial charge in [-0.05, 0) is 22.4 Å². The number of aryl methyl sites for hydroxylation is 1. The molecule has 0 unspecified atom stereocenters. The molecule has 0 fully saturated rings. The fourth-order valence-corrected chi connectivity index (χ4v) is 1.83. The van der Waals surface area contributed by atoms with E-state index in [0.717, 1.165) is 24.5 Å². The Balaban J connectivity index is 2.10. The van der Waals surface area contributed by atoms with E-state index >= 15 is 0 Å². The lowest BCUT2D eigenvalue weighted by Crippen LogP contribution is -1.88. The van der Waals surface area contributed by atoms with Crippen molar-refractivity contribution in [2.75, 3.05) is 0 Å². The summed E-state index contributed by atoms with van der Waals surface area (Å²) in [6.07, 6.45) is 1.75. The highest BCUT2D eigenvalue weighted by atomic mass is 32.1. The van der Waals surface area contributed by atoms with Crippen LogP contribution in [0.4, 0.5) is 0 Å². The maximum atomic E-state index is 4.34. The van der Waals surface area contributed by atoms with Crippen LogP contribution >= 0.6 is 11.3 Å². The van der Waals surface area contributed by atoms with Gasteiger partial charge in [0.15, 0.2) is 0 Å². The minimum Gasteiger partial charge on any atom is -0.263 e. The van der Waals surface area contributed by atoms with E-state index in [9.17, 15) is 0 Å². The van der Waals surface area contributed by atoms with Crippen LogP contribution in [0.5, 0.6) is 0 Å². The van der Waals surface area contributed by atoms with Gasteiger partial charge in [-0.25, -0.2) is 4.98 Å². The SMILES string of the molecule is CCc1n[nH]c(Cc2ccsc2)n1. The lowest BCUT2D eigenvalue weighted by Gasteiger charge is -1.89. The van der Waals surface area contributed by atoms with Gasteiger partial charge in [0.05, 0.1) is 0 Å². The zero-order valence-electron chi connectivity index (χ0n) is 7.45. The molecule has 1 N–H and O–H groups in total. The Morgan fingerprint density at radius 1 is 1.54 bits per heavy atom. The fourth-order valence-electron chi connectivity index (χ4n) is 1.16. The van der Waals surface area contributed by atoms with Gasteiger partial charge in [0.2, 0.25) is 0 Å². The van der Waals surface area contributed by atoms with Crippen LogP contribution in [0.15, 0.2) is 16.8 Å². The topological polar surface area (TPSA) is 41.6 Å². The fraction of sp³-hybridized carbons (Fsp3) is 0.333. The predicted molar refractivity (Wildman–Crippen MR) is 52.9 cm³/mol. The van der Waals surface area contributed by atoms with E-state index in [0.29, 0.717) is 0 Å². The Morgan fingerprint density at radius 3 is 3.08 bits per heavy atom. The number of hydrogen-bond donors (Lipinski definition) is 1. The molecule has 2 heterocycles. The molecule has 0 saturated heterocycles. The van der Waals surface area contributed by atoms with Crippen molar-refractivity contribution in [1.29, 1.82) is 0 Å². The predicted octanol–water partition coefficient (Wildman–Crippen LogP) is 2.02. The summed E-state index contributed by atoms with van der Waals surface area (Å²) in [6.45, 7) is 2.05. The van der Waals surface area contributed by atoms with Gasteiger partial charge in [0, 0.05) is 12.8 Å². The quantitative estimate of drug-likeness (QED) is 0.810.